The van der Waals surface area contributed by atoms with E-state index in [0.717, 1.165) is 5.56 Å². The van der Waals surface area contributed by atoms with Crippen molar-refractivity contribution in [2.75, 3.05) is 0 Å². The zero-order valence-corrected chi connectivity index (χ0v) is 10.1. The van der Waals surface area contributed by atoms with Gasteiger partial charge in [-0.3, -0.25) is 4.79 Å². The van der Waals surface area contributed by atoms with Gasteiger partial charge < -0.3 is 10.4 Å². The molecule has 0 aromatic heterocycles. The number of phenolic OH excluding ortho intramolecular Hbond substituents is 1. The molecular weight excluding hydrogens is 226 g/mol. The summed E-state index contributed by atoms with van der Waals surface area (Å²) in [4.78, 5) is 11.9. The number of nitrogens with one attached hydrogen (secondary N) is 1. The number of hydrogen-bond acceptors (Lipinski definition) is 2. The van der Waals surface area contributed by atoms with Crippen molar-refractivity contribution < 1.29 is 9.90 Å². The molecule has 0 spiro atoms. The Balaban J connectivity index is 2.06. The molecule has 0 fully saturated rings. The Labute approximate surface area is 106 Å². The zero-order valence-electron chi connectivity index (χ0n) is 10.1. The largest absolute Gasteiger partial charge is 0.508 e. The van der Waals surface area contributed by atoms with Gasteiger partial charge in [-0.1, -0.05) is 30.3 Å². The molecule has 0 heterocycles. The van der Waals surface area contributed by atoms with Gasteiger partial charge in [-0.25, -0.2) is 0 Å². The van der Waals surface area contributed by atoms with E-state index in [-0.39, 0.29) is 17.7 Å². The molecule has 3 nitrogen and oxygen atoms in total. The van der Waals surface area contributed by atoms with E-state index in [1.165, 1.54) is 0 Å². The Bertz CT molecular complexity index is 520. The number of hydrogen-bond donors (Lipinski definition) is 2. The SMILES string of the molecule is C[C@H](NC(=O)c1ccccc1)c1ccc(O)cc1. The molecule has 18 heavy (non-hydrogen) atoms. The molecule has 0 saturated heterocycles. The third kappa shape index (κ3) is 2.88. The smallest absolute Gasteiger partial charge is 0.251 e. The van der Waals surface area contributed by atoms with Crippen molar-refractivity contribution in [1.29, 1.82) is 0 Å². The lowest BCUT2D eigenvalue weighted by Gasteiger charge is -2.14. The highest BCUT2D eigenvalue weighted by atomic mass is 16.3. The third-order valence-electron chi connectivity index (χ3n) is 2.78. The lowest BCUT2D eigenvalue weighted by Crippen LogP contribution is -2.26. The monoisotopic (exact) mass is 241 g/mol. The summed E-state index contributed by atoms with van der Waals surface area (Å²) in [6.45, 7) is 1.91. The summed E-state index contributed by atoms with van der Waals surface area (Å²) in [7, 11) is 0. The predicted octanol–water partition coefficient (Wildman–Crippen LogP) is 2.88. The number of amides is 1. The Hall–Kier alpha value is -2.29. The third-order valence-corrected chi connectivity index (χ3v) is 2.78. The Kier molecular flexibility index (Phi) is 3.63. The van der Waals surface area contributed by atoms with Crippen LogP contribution in [0, 0.1) is 0 Å². The molecule has 92 valence electrons. The molecule has 0 unspecified atom stereocenters. The standard InChI is InChI=1S/C15H15NO2/c1-11(12-7-9-14(17)10-8-12)16-15(18)13-5-3-2-4-6-13/h2-11,17H,1H3,(H,16,18)/t11-/m0/s1. The quantitative estimate of drug-likeness (QED) is 0.868. The molecule has 2 aromatic carbocycles. The van der Waals surface area contributed by atoms with E-state index in [0.29, 0.717) is 5.56 Å². The molecule has 0 bridgehead atoms. The fourth-order valence-corrected chi connectivity index (χ4v) is 1.72. The van der Waals surface area contributed by atoms with E-state index in [1.807, 2.05) is 25.1 Å². The van der Waals surface area contributed by atoms with Crippen LogP contribution in [0.5, 0.6) is 5.75 Å². The normalized spacial score (nSPS) is 11.8. The average Bonchev–Trinajstić information content (AvgIpc) is 2.40. The summed E-state index contributed by atoms with van der Waals surface area (Å²) >= 11 is 0. The molecular formula is C15H15NO2. The van der Waals surface area contributed by atoms with E-state index < -0.39 is 0 Å². The van der Waals surface area contributed by atoms with Crippen LogP contribution in [-0.2, 0) is 0 Å². The van der Waals surface area contributed by atoms with E-state index in [1.54, 1.807) is 36.4 Å². The van der Waals surface area contributed by atoms with Gasteiger partial charge in [0.2, 0.25) is 0 Å². The van der Waals surface area contributed by atoms with Crippen molar-refractivity contribution in [3.8, 4) is 5.75 Å². The van der Waals surface area contributed by atoms with Crippen LogP contribution in [0.15, 0.2) is 54.6 Å². The van der Waals surface area contributed by atoms with E-state index in [4.69, 9.17) is 0 Å². The van der Waals surface area contributed by atoms with Gasteiger partial charge in [0.15, 0.2) is 0 Å². The van der Waals surface area contributed by atoms with Gasteiger partial charge >= 0.3 is 0 Å². The fourth-order valence-electron chi connectivity index (χ4n) is 1.72. The highest BCUT2D eigenvalue weighted by Gasteiger charge is 2.10. The first-order valence-corrected chi connectivity index (χ1v) is 5.81. The van der Waals surface area contributed by atoms with Crippen LogP contribution in [0.25, 0.3) is 0 Å². The molecule has 0 saturated carbocycles. The number of phenols is 1. The lowest BCUT2D eigenvalue weighted by molar-refractivity contribution is 0.0940. The highest BCUT2D eigenvalue weighted by molar-refractivity contribution is 5.94. The number of carbonyl (C=O) groups excluding carboxylic acids is 1. The van der Waals surface area contributed by atoms with E-state index >= 15 is 0 Å². The average molecular weight is 241 g/mol. The number of carbonyl (C=O) groups is 1. The first-order valence-electron chi connectivity index (χ1n) is 5.81. The number of benzene rings is 2. The summed E-state index contributed by atoms with van der Waals surface area (Å²) in [5.74, 6) is 0.122. The van der Waals surface area contributed by atoms with Crippen LogP contribution in [0.3, 0.4) is 0 Å². The second-order valence-electron chi connectivity index (χ2n) is 4.15. The summed E-state index contributed by atoms with van der Waals surface area (Å²) in [6.07, 6.45) is 0. The Morgan fingerprint density at radius 2 is 1.67 bits per heavy atom. The van der Waals surface area contributed by atoms with Gasteiger partial charge in [-0.2, -0.15) is 0 Å². The van der Waals surface area contributed by atoms with Crippen LogP contribution >= 0.6 is 0 Å². The van der Waals surface area contributed by atoms with Crippen LogP contribution in [0.1, 0.15) is 28.9 Å². The van der Waals surface area contributed by atoms with Gasteiger partial charge in [0.25, 0.3) is 5.91 Å². The van der Waals surface area contributed by atoms with E-state index in [9.17, 15) is 9.90 Å². The topological polar surface area (TPSA) is 49.3 Å². The molecule has 0 aliphatic rings. The molecule has 3 heteroatoms. The predicted molar refractivity (Wildman–Crippen MR) is 70.4 cm³/mol. The van der Waals surface area contributed by atoms with Crippen LogP contribution in [0.4, 0.5) is 0 Å². The molecule has 0 aliphatic carbocycles. The fraction of sp³-hybridized carbons (Fsp3) is 0.133. The molecule has 2 rings (SSSR count). The minimum atomic E-state index is -0.101. The maximum atomic E-state index is 11.9. The van der Waals surface area contributed by atoms with Crippen LogP contribution in [0.2, 0.25) is 0 Å². The second-order valence-corrected chi connectivity index (χ2v) is 4.15. The maximum Gasteiger partial charge on any atom is 0.251 e. The van der Waals surface area contributed by atoms with Crippen molar-refractivity contribution >= 4 is 5.91 Å². The number of aromatic hydroxyl groups is 1. The minimum absolute atomic E-state index is 0.0988. The molecule has 0 aliphatic heterocycles. The summed E-state index contributed by atoms with van der Waals surface area (Å²) in [5.41, 5.74) is 1.60. The minimum Gasteiger partial charge on any atom is -0.508 e. The van der Waals surface area contributed by atoms with Gasteiger partial charge in [0.05, 0.1) is 6.04 Å². The van der Waals surface area contributed by atoms with Gasteiger partial charge in [-0.05, 0) is 36.8 Å². The summed E-state index contributed by atoms with van der Waals surface area (Å²) in [6, 6.07) is 15.8. The summed E-state index contributed by atoms with van der Waals surface area (Å²) in [5, 5.41) is 12.1. The van der Waals surface area contributed by atoms with Gasteiger partial charge in [0.1, 0.15) is 5.75 Å². The van der Waals surface area contributed by atoms with Crippen molar-refractivity contribution in [3.63, 3.8) is 0 Å². The van der Waals surface area contributed by atoms with Gasteiger partial charge in [0, 0.05) is 5.56 Å². The Morgan fingerprint density at radius 3 is 2.28 bits per heavy atom. The number of rotatable bonds is 3. The van der Waals surface area contributed by atoms with Crippen LogP contribution in [-0.4, -0.2) is 11.0 Å². The van der Waals surface area contributed by atoms with Crippen molar-refractivity contribution in [2.24, 2.45) is 0 Å². The van der Waals surface area contributed by atoms with Crippen molar-refractivity contribution in [1.82, 2.24) is 5.32 Å². The van der Waals surface area contributed by atoms with E-state index in [2.05, 4.69) is 5.32 Å². The Morgan fingerprint density at radius 1 is 1.06 bits per heavy atom. The van der Waals surface area contributed by atoms with Crippen molar-refractivity contribution in [3.05, 3.63) is 65.7 Å². The molecule has 2 aromatic rings. The zero-order chi connectivity index (χ0) is 13.0. The second kappa shape index (κ2) is 5.36. The van der Waals surface area contributed by atoms with Crippen LogP contribution < -0.4 is 5.32 Å². The highest BCUT2D eigenvalue weighted by Crippen LogP contribution is 2.16. The molecule has 2 N–H and O–H groups in total. The molecule has 1 atom stereocenters. The van der Waals surface area contributed by atoms with Crippen molar-refractivity contribution in [2.45, 2.75) is 13.0 Å². The first kappa shape index (κ1) is 12.2. The lowest BCUT2D eigenvalue weighted by atomic mass is 10.1. The maximum absolute atomic E-state index is 11.9. The first-order chi connectivity index (χ1) is 8.66. The molecule has 1 amide bonds. The van der Waals surface area contributed by atoms with Gasteiger partial charge in [-0.15, -0.1) is 0 Å². The summed E-state index contributed by atoms with van der Waals surface area (Å²) < 4.78 is 0. The molecule has 0 radical (unpaired) electrons.